The molecule has 1 aliphatic rings. The molecule has 2 aromatic rings. The normalized spacial score (nSPS) is 17.7. The third-order valence-corrected chi connectivity index (χ3v) is 5.09. The van der Waals surface area contributed by atoms with E-state index in [-0.39, 0.29) is 24.2 Å². The van der Waals surface area contributed by atoms with E-state index in [0.29, 0.717) is 24.8 Å². The number of nitrogens with two attached hydrogens (primary N) is 1. The van der Waals surface area contributed by atoms with Crippen molar-refractivity contribution < 1.29 is 9.32 Å². The number of hydrogen-bond donors (Lipinski definition) is 1. The second-order valence-electron chi connectivity index (χ2n) is 6.46. The Balaban J connectivity index is 0.00000225. The summed E-state index contributed by atoms with van der Waals surface area (Å²) in [5, 5.41) is 3.84. The van der Waals surface area contributed by atoms with Gasteiger partial charge in [-0.2, -0.15) is 4.98 Å². The van der Waals surface area contributed by atoms with Crippen molar-refractivity contribution in [3.05, 3.63) is 46.0 Å². The van der Waals surface area contributed by atoms with Gasteiger partial charge in [0.15, 0.2) is 5.82 Å². The fraction of sp³-hybridized carbons (Fsp3) is 0.471. The van der Waals surface area contributed by atoms with Gasteiger partial charge in [0.2, 0.25) is 11.8 Å². The highest BCUT2D eigenvalue weighted by Gasteiger charge is 2.37. The molecule has 0 bridgehead atoms. The lowest BCUT2D eigenvalue weighted by molar-refractivity contribution is -0.138. The molecular formula is C17H22BrClN4O2. The molecule has 136 valence electrons. The number of halogens is 2. The van der Waals surface area contributed by atoms with Crippen LogP contribution < -0.4 is 5.73 Å². The van der Waals surface area contributed by atoms with Crippen LogP contribution in [-0.2, 0) is 10.3 Å². The zero-order valence-electron chi connectivity index (χ0n) is 14.2. The molecule has 1 saturated heterocycles. The molecule has 3 rings (SSSR count). The minimum Gasteiger partial charge on any atom is -0.341 e. The first kappa shape index (κ1) is 19.9. The summed E-state index contributed by atoms with van der Waals surface area (Å²) >= 11 is 3.40. The van der Waals surface area contributed by atoms with Crippen LogP contribution in [0, 0.1) is 6.92 Å². The number of amides is 1. The number of carbonyl (C=O) groups is 1. The van der Waals surface area contributed by atoms with Gasteiger partial charge in [0.1, 0.15) is 5.54 Å². The van der Waals surface area contributed by atoms with Crippen molar-refractivity contribution in [2.24, 2.45) is 5.73 Å². The Morgan fingerprint density at radius 1 is 1.32 bits per heavy atom. The lowest BCUT2D eigenvalue weighted by Crippen LogP contribution is -2.52. The van der Waals surface area contributed by atoms with Crippen molar-refractivity contribution in [2.75, 3.05) is 13.1 Å². The highest BCUT2D eigenvalue weighted by molar-refractivity contribution is 9.10. The molecule has 1 amide bonds. The fourth-order valence-corrected chi connectivity index (χ4v) is 3.32. The van der Waals surface area contributed by atoms with Crippen molar-refractivity contribution in [1.29, 1.82) is 0 Å². The van der Waals surface area contributed by atoms with Crippen LogP contribution >= 0.6 is 28.3 Å². The van der Waals surface area contributed by atoms with Crippen molar-refractivity contribution in [1.82, 2.24) is 15.0 Å². The highest BCUT2D eigenvalue weighted by atomic mass is 79.9. The van der Waals surface area contributed by atoms with E-state index in [1.165, 1.54) is 0 Å². The largest absolute Gasteiger partial charge is 0.341 e. The summed E-state index contributed by atoms with van der Waals surface area (Å²) in [7, 11) is 0. The Labute approximate surface area is 161 Å². The van der Waals surface area contributed by atoms with Crippen LogP contribution in [0.5, 0.6) is 0 Å². The van der Waals surface area contributed by atoms with Gasteiger partial charge in [-0.3, -0.25) is 4.79 Å². The maximum absolute atomic E-state index is 12.9. The van der Waals surface area contributed by atoms with E-state index in [4.69, 9.17) is 10.3 Å². The van der Waals surface area contributed by atoms with Gasteiger partial charge in [-0.1, -0.05) is 33.2 Å². The summed E-state index contributed by atoms with van der Waals surface area (Å²) < 4.78 is 6.22. The Morgan fingerprint density at radius 2 is 1.92 bits per heavy atom. The number of hydrogen-bond acceptors (Lipinski definition) is 5. The number of aromatic nitrogens is 2. The minimum absolute atomic E-state index is 0. The lowest BCUT2D eigenvalue weighted by atomic mass is 9.89. The average molecular weight is 430 g/mol. The second-order valence-corrected chi connectivity index (χ2v) is 7.37. The second kappa shape index (κ2) is 7.85. The molecule has 25 heavy (non-hydrogen) atoms. The van der Waals surface area contributed by atoms with E-state index < -0.39 is 5.54 Å². The van der Waals surface area contributed by atoms with Crippen LogP contribution in [0.25, 0.3) is 0 Å². The standard InChI is InChI=1S/C17H21BrN4O2.ClH/c1-11-20-15(24-21-11)12-7-9-22(10-8-12)16(23)17(2,19)13-3-5-14(18)6-4-13;/h3-6,12H,7-10,19H2,1-2H3;1H. The molecule has 2 N–H and O–H groups in total. The van der Waals surface area contributed by atoms with Gasteiger partial charge in [-0.25, -0.2) is 0 Å². The fourth-order valence-electron chi connectivity index (χ4n) is 3.06. The minimum atomic E-state index is -1.03. The summed E-state index contributed by atoms with van der Waals surface area (Å²) in [6.07, 6.45) is 1.62. The molecule has 2 heterocycles. The lowest BCUT2D eigenvalue weighted by Gasteiger charge is -2.36. The monoisotopic (exact) mass is 428 g/mol. The van der Waals surface area contributed by atoms with E-state index >= 15 is 0 Å². The topological polar surface area (TPSA) is 85.2 Å². The van der Waals surface area contributed by atoms with Crippen LogP contribution in [0.1, 0.15) is 43.0 Å². The first-order valence-electron chi connectivity index (χ1n) is 8.02. The number of carbonyl (C=O) groups excluding carboxylic acids is 1. The van der Waals surface area contributed by atoms with E-state index in [1.807, 2.05) is 36.1 Å². The number of likely N-dealkylation sites (tertiary alicyclic amines) is 1. The number of benzene rings is 1. The van der Waals surface area contributed by atoms with Crippen LogP contribution in [0.3, 0.4) is 0 Å². The van der Waals surface area contributed by atoms with E-state index in [2.05, 4.69) is 26.1 Å². The first-order valence-corrected chi connectivity index (χ1v) is 8.81. The van der Waals surface area contributed by atoms with Crippen molar-refractivity contribution in [2.45, 2.75) is 38.1 Å². The zero-order valence-corrected chi connectivity index (χ0v) is 16.6. The smallest absolute Gasteiger partial charge is 0.246 e. The molecule has 0 saturated carbocycles. The molecule has 1 aliphatic heterocycles. The number of rotatable bonds is 3. The number of aryl methyl sites for hydroxylation is 1. The molecular weight excluding hydrogens is 408 g/mol. The van der Waals surface area contributed by atoms with Crippen LogP contribution in [-0.4, -0.2) is 34.0 Å². The SMILES string of the molecule is Cc1noc(C2CCN(C(=O)C(C)(N)c3ccc(Br)cc3)CC2)n1.Cl. The molecule has 1 aromatic heterocycles. The summed E-state index contributed by atoms with van der Waals surface area (Å²) in [6, 6.07) is 7.57. The van der Waals surface area contributed by atoms with Gasteiger partial charge < -0.3 is 15.2 Å². The van der Waals surface area contributed by atoms with Crippen molar-refractivity contribution in [3.63, 3.8) is 0 Å². The zero-order chi connectivity index (χ0) is 17.3. The average Bonchev–Trinajstić information content (AvgIpc) is 3.01. The summed E-state index contributed by atoms with van der Waals surface area (Å²) in [5.74, 6) is 1.48. The van der Waals surface area contributed by atoms with Gasteiger partial charge in [0.05, 0.1) is 0 Å². The van der Waals surface area contributed by atoms with Crippen LogP contribution in [0.15, 0.2) is 33.3 Å². The molecule has 1 atom stereocenters. The summed E-state index contributed by atoms with van der Waals surface area (Å²) in [5.41, 5.74) is 6.14. The maximum atomic E-state index is 12.9. The van der Waals surface area contributed by atoms with Gasteiger partial charge >= 0.3 is 0 Å². The summed E-state index contributed by atoms with van der Waals surface area (Å²) in [4.78, 5) is 19.0. The molecule has 0 spiro atoms. The molecule has 1 aromatic carbocycles. The Hall–Kier alpha value is -1.44. The number of nitrogens with zero attached hydrogens (tertiary/aromatic N) is 3. The third-order valence-electron chi connectivity index (χ3n) is 4.56. The van der Waals surface area contributed by atoms with E-state index in [9.17, 15) is 4.79 Å². The molecule has 0 aliphatic carbocycles. The molecule has 1 fully saturated rings. The van der Waals surface area contributed by atoms with Crippen LogP contribution in [0.2, 0.25) is 0 Å². The predicted molar refractivity (Wildman–Crippen MR) is 101 cm³/mol. The Morgan fingerprint density at radius 3 is 2.44 bits per heavy atom. The Bertz CT molecular complexity index is 725. The molecule has 8 heteroatoms. The molecule has 1 unspecified atom stereocenters. The van der Waals surface area contributed by atoms with Gasteiger partial charge in [-0.05, 0) is 44.4 Å². The predicted octanol–water partition coefficient (Wildman–Crippen LogP) is 3.14. The van der Waals surface area contributed by atoms with Crippen molar-refractivity contribution >= 4 is 34.2 Å². The first-order chi connectivity index (χ1) is 11.4. The van der Waals surface area contributed by atoms with Gasteiger partial charge in [-0.15, -0.1) is 12.4 Å². The quantitative estimate of drug-likeness (QED) is 0.810. The summed E-state index contributed by atoms with van der Waals surface area (Å²) in [6.45, 7) is 4.87. The number of piperidine rings is 1. The van der Waals surface area contributed by atoms with Crippen molar-refractivity contribution in [3.8, 4) is 0 Å². The highest BCUT2D eigenvalue weighted by Crippen LogP contribution is 2.29. The van der Waals surface area contributed by atoms with E-state index in [0.717, 1.165) is 22.9 Å². The van der Waals surface area contributed by atoms with Gasteiger partial charge in [0, 0.05) is 23.5 Å². The molecule has 0 radical (unpaired) electrons. The third kappa shape index (κ3) is 4.22. The van der Waals surface area contributed by atoms with Gasteiger partial charge in [0.25, 0.3) is 0 Å². The maximum Gasteiger partial charge on any atom is 0.246 e. The Kier molecular flexibility index (Phi) is 6.24. The van der Waals surface area contributed by atoms with Crippen LogP contribution in [0.4, 0.5) is 0 Å². The molecule has 6 nitrogen and oxygen atoms in total. The van der Waals surface area contributed by atoms with E-state index in [1.54, 1.807) is 6.92 Å².